The van der Waals surface area contributed by atoms with E-state index < -0.39 is 11.9 Å². The van der Waals surface area contributed by atoms with E-state index in [0.717, 1.165) is 6.54 Å². The van der Waals surface area contributed by atoms with E-state index in [2.05, 4.69) is 5.32 Å². The fourth-order valence-electron chi connectivity index (χ4n) is 1.86. The van der Waals surface area contributed by atoms with Crippen LogP contribution >= 0.6 is 0 Å². The van der Waals surface area contributed by atoms with Crippen molar-refractivity contribution in [1.29, 1.82) is 0 Å². The number of carbonyl (C=O) groups excluding carboxylic acids is 1. The van der Waals surface area contributed by atoms with Gasteiger partial charge < -0.3 is 25.4 Å². The Bertz CT molecular complexity index is 449. The highest BCUT2D eigenvalue weighted by molar-refractivity contribution is 5.82. The van der Waals surface area contributed by atoms with Gasteiger partial charge in [0.15, 0.2) is 0 Å². The van der Waals surface area contributed by atoms with E-state index in [9.17, 15) is 4.79 Å². The second-order valence-electron chi connectivity index (χ2n) is 4.70. The number of nitrogens with zero attached hydrogens (tertiary/aromatic N) is 1. The average Bonchev–Trinajstić information content (AvgIpc) is 2.42. The van der Waals surface area contributed by atoms with Crippen LogP contribution in [0.2, 0.25) is 0 Å². The van der Waals surface area contributed by atoms with Crippen molar-refractivity contribution in [3.8, 4) is 11.5 Å². The van der Waals surface area contributed by atoms with E-state index in [0.29, 0.717) is 23.6 Å². The molecule has 0 saturated carbocycles. The maximum atomic E-state index is 11.7. The van der Waals surface area contributed by atoms with Gasteiger partial charge in [-0.15, -0.1) is 0 Å². The van der Waals surface area contributed by atoms with Gasteiger partial charge in [-0.2, -0.15) is 0 Å². The van der Waals surface area contributed by atoms with E-state index in [1.165, 1.54) is 0 Å². The van der Waals surface area contributed by atoms with Crippen molar-refractivity contribution in [3.63, 3.8) is 0 Å². The summed E-state index contributed by atoms with van der Waals surface area (Å²) in [5.74, 6) is 0.809. The first-order chi connectivity index (χ1) is 9.49. The lowest BCUT2D eigenvalue weighted by atomic mass is 10.0. The Morgan fingerprint density at radius 2 is 2.05 bits per heavy atom. The van der Waals surface area contributed by atoms with Crippen LogP contribution in [0, 0.1) is 0 Å². The third kappa shape index (κ3) is 4.40. The standard InChI is InChI=1S/C14H23N3O3/c1-17(2)8-7-16-13(14(15)18)11-9-10(19-3)5-6-12(11)20-4/h5-6,9,13,16H,7-8H2,1-4H3,(H2,15,18). The molecule has 0 aliphatic rings. The number of likely N-dealkylation sites (N-methyl/N-ethyl adjacent to an activating group) is 1. The predicted octanol–water partition coefficient (Wildman–Crippen LogP) is 0.381. The summed E-state index contributed by atoms with van der Waals surface area (Å²) in [5, 5.41) is 3.14. The highest BCUT2D eigenvalue weighted by Gasteiger charge is 2.21. The summed E-state index contributed by atoms with van der Waals surface area (Å²) in [4.78, 5) is 13.7. The molecule has 0 aliphatic carbocycles. The normalized spacial score (nSPS) is 12.2. The number of hydrogen-bond acceptors (Lipinski definition) is 5. The van der Waals surface area contributed by atoms with Gasteiger partial charge in [-0.3, -0.25) is 4.79 Å². The largest absolute Gasteiger partial charge is 0.497 e. The Kier molecular flexibility index (Phi) is 6.27. The molecule has 6 nitrogen and oxygen atoms in total. The number of benzene rings is 1. The van der Waals surface area contributed by atoms with Gasteiger partial charge in [-0.25, -0.2) is 0 Å². The zero-order valence-corrected chi connectivity index (χ0v) is 12.5. The molecule has 0 radical (unpaired) electrons. The van der Waals surface area contributed by atoms with Gasteiger partial charge in [-0.05, 0) is 32.3 Å². The monoisotopic (exact) mass is 281 g/mol. The lowest BCUT2D eigenvalue weighted by molar-refractivity contribution is -0.120. The van der Waals surface area contributed by atoms with Crippen molar-refractivity contribution < 1.29 is 14.3 Å². The maximum Gasteiger partial charge on any atom is 0.239 e. The lowest BCUT2D eigenvalue weighted by Crippen LogP contribution is -2.37. The zero-order chi connectivity index (χ0) is 15.1. The van der Waals surface area contributed by atoms with Crippen LogP contribution in [0.4, 0.5) is 0 Å². The van der Waals surface area contributed by atoms with Crippen molar-refractivity contribution in [2.24, 2.45) is 5.73 Å². The first kappa shape index (κ1) is 16.3. The number of primary amides is 1. The van der Waals surface area contributed by atoms with E-state index in [4.69, 9.17) is 15.2 Å². The molecule has 20 heavy (non-hydrogen) atoms. The molecule has 0 heterocycles. The van der Waals surface area contributed by atoms with Crippen molar-refractivity contribution in [2.45, 2.75) is 6.04 Å². The second-order valence-corrected chi connectivity index (χ2v) is 4.70. The number of amides is 1. The van der Waals surface area contributed by atoms with E-state index >= 15 is 0 Å². The minimum Gasteiger partial charge on any atom is -0.497 e. The lowest BCUT2D eigenvalue weighted by Gasteiger charge is -2.20. The van der Waals surface area contributed by atoms with Crippen LogP contribution < -0.4 is 20.5 Å². The number of rotatable bonds is 8. The summed E-state index contributed by atoms with van der Waals surface area (Å²) < 4.78 is 10.5. The van der Waals surface area contributed by atoms with E-state index in [-0.39, 0.29) is 0 Å². The number of methoxy groups -OCH3 is 2. The van der Waals surface area contributed by atoms with Gasteiger partial charge in [0.25, 0.3) is 0 Å². The van der Waals surface area contributed by atoms with Crippen LogP contribution in [-0.2, 0) is 4.79 Å². The summed E-state index contributed by atoms with van der Waals surface area (Å²) in [7, 11) is 7.06. The Morgan fingerprint density at radius 3 is 2.55 bits per heavy atom. The van der Waals surface area contributed by atoms with Crippen LogP contribution in [-0.4, -0.2) is 52.2 Å². The van der Waals surface area contributed by atoms with Gasteiger partial charge in [0.05, 0.1) is 14.2 Å². The fourth-order valence-corrected chi connectivity index (χ4v) is 1.86. The number of carbonyl (C=O) groups is 1. The molecular weight excluding hydrogens is 258 g/mol. The summed E-state index contributed by atoms with van der Waals surface area (Å²) in [6.45, 7) is 1.44. The van der Waals surface area contributed by atoms with Crippen LogP contribution in [0.25, 0.3) is 0 Å². The molecule has 0 bridgehead atoms. The summed E-state index contributed by atoms with van der Waals surface area (Å²) in [6.07, 6.45) is 0. The molecule has 0 aliphatic heterocycles. The Labute approximate surface area is 119 Å². The van der Waals surface area contributed by atoms with Crippen LogP contribution in [0.5, 0.6) is 11.5 Å². The third-order valence-electron chi connectivity index (χ3n) is 2.94. The molecule has 3 N–H and O–H groups in total. The molecule has 0 fully saturated rings. The van der Waals surface area contributed by atoms with Gasteiger partial charge in [0.2, 0.25) is 5.91 Å². The van der Waals surface area contributed by atoms with Crippen LogP contribution in [0.1, 0.15) is 11.6 Å². The van der Waals surface area contributed by atoms with Gasteiger partial charge >= 0.3 is 0 Å². The molecule has 6 heteroatoms. The second kappa shape index (κ2) is 7.72. The number of hydrogen-bond donors (Lipinski definition) is 2. The predicted molar refractivity (Wildman–Crippen MR) is 78.0 cm³/mol. The Balaban J connectivity index is 2.97. The summed E-state index contributed by atoms with van der Waals surface area (Å²) in [6, 6.07) is 4.69. The number of nitrogens with one attached hydrogen (secondary N) is 1. The molecule has 1 rings (SSSR count). The molecule has 0 aromatic heterocycles. The first-order valence-corrected chi connectivity index (χ1v) is 6.39. The molecule has 0 saturated heterocycles. The highest BCUT2D eigenvalue weighted by atomic mass is 16.5. The molecule has 1 unspecified atom stereocenters. The summed E-state index contributed by atoms with van der Waals surface area (Å²) in [5.41, 5.74) is 6.17. The van der Waals surface area contributed by atoms with Crippen molar-refractivity contribution in [2.75, 3.05) is 41.4 Å². The van der Waals surface area contributed by atoms with Gasteiger partial charge in [0.1, 0.15) is 17.5 Å². The van der Waals surface area contributed by atoms with Crippen molar-refractivity contribution >= 4 is 5.91 Å². The number of ether oxygens (including phenoxy) is 2. The SMILES string of the molecule is COc1ccc(OC)c(C(NCCN(C)C)C(N)=O)c1. The van der Waals surface area contributed by atoms with Crippen LogP contribution in [0.15, 0.2) is 18.2 Å². The minimum absolute atomic E-state index is 0.449. The fraction of sp³-hybridized carbons (Fsp3) is 0.500. The molecule has 1 aromatic rings. The molecule has 112 valence electrons. The van der Waals surface area contributed by atoms with E-state index in [1.54, 1.807) is 32.4 Å². The molecule has 1 atom stereocenters. The van der Waals surface area contributed by atoms with Gasteiger partial charge in [0, 0.05) is 18.7 Å². The van der Waals surface area contributed by atoms with Crippen molar-refractivity contribution in [1.82, 2.24) is 10.2 Å². The molecular formula is C14H23N3O3. The summed E-state index contributed by atoms with van der Waals surface area (Å²) >= 11 is 0. The maximum absolute atomic E-state index is 11.7. The first-order valence-electron chi connectivity index (χ1n) is 6.39. The Hall–Kier alpha value is -1.79. The molecule has 1 amide bonds. The molecule has 1 aromatic carbocycles. The molecule has 0 spiro atoms. The average molecular weight is 281 g/mol. The third-order valence-corrected chi connectivity index (χ3v) is 2.94. The van der Waals surface area contributed by atoms with Gasteiger partial charge in [-0.1, -0.05) is 0 Å². The smallest absolute Gasteiger partial charge is 0.239 e. The minimum atomic E-state index is -0.611. The quantitative estimate of drug-likeness (QED) is 0.720. The van der Waals surface area contributed by atoms with Crippen LogP contribution in [0.3, 0.4) is 0 Å². The van der Waals surface area contributed by atoms with E-state index in [1.807, 2.05) is 19.0 Å². The zero-order valence-electron chi connectivity index (χ0n) is 12.5. The number of nitrogens with two attached hydrogens (primary N) is 1. The Morgan fingerprint density at radius 1 is 1.35 bits per heavy atom. The van der Waals surface area contributed by atoms with Crippen molar-refractivity contribution in [3.05, 3.63) is 23.8 Å². The topological polar surface area (TPSA) is 76.8 Å². The highest BCUT2D eigenvalue weighted by Crippen LogP contribution is 2.29.